The van der Waals surface area contributed by atoms with Gasteiger partial charge in [0.15, 0.2) is 0 Å². The molecule has 2 aromatic rings. The summed E-state index contributed by atoms with van der Waals surface area (Å²) >= 11 is 5.93. The fraction of sp³-hybridized carbons (Fsp3) is 0.423. The molecule has 1 aliphatic heterocycles. The zero-order chi connectivity index (χ0) is 24.0. The van der Waals surface area contributed by atoms with Crippen molar-refractivity contribution in [1.82, 2.24) is 15.5 Å². The van der Waals surface area contributed by atoms with Crippen LogP contribution in [0.1, 0.15) is 59.4 Å². The number of nitrogens with zero attached hydrogens (tertiary/aromatic N) is 1. The first-order valence-electron chi connectivity index (χ1n) is 11.5. The van der Waals surface area contributed by atoms with E-state index in [1.165, 1.54) is 0 Å². The van der Waals surface area contributed by atoms with E-state index in [1.54, 1.807) is 35.2 Å². The summed E-state index contributed by atoms with van der Waals surface area (Å²) in [7, 11) is 0. The van der Waals surface area contributed by atoms with E-state index in [0.29, 0.717) is 42.1 Å². The third kappa shape index (κ3) is 6.35. The molecule has 7 heteroatoms. The maximum absolute atomic E-state index is 13.1. The van der Waals surface area contributed by atoms with E-state index in [1.807, 2.05) is 39.0 Å². The maximum Gasteiger partial charge on any atom is 0.253 e. The Balaban J connectivity index is 1.71. The minimum absolute atomic E-state index is 0.0157. The fourth-order valence-electron chi connectivity index (χ4n) is 4.09. The zero-order valence-corrected chi connectivity index (χ0v) is 20.2. The van der Waals surface area contributed by atoms with Crippen LogP contribution in [0.5, 0.6) is 0 Å². The van der Waals surface area contributed by atoms with Gasteiger partial charge in [-0.2, -0.15) is 0 Å². The van der Waals surface area contributed by atoms with Crippen molar-refractivity contribution in [3.8, 4) is 0 Å². The Kier molecular flexibility index (Phi) is 8.50. The molecule has 2 atom stereocenters. The number of nitrogens with one attached hydrogen (secondary N) is 2. The van der Waals surface area contributed by atoms with Gasteiger partial charge in [0.05, 0.1) is 0 Å². The van der Waals surface area contributed by atoms with Crippen LogP contribution < -0.4 is 10.6 Å². The Bertz CT molecular complexity index is 985. The standard InChI is InChI=1S/C26H32ClN3O3/c1-4-18(3)28-25(32)23(29-24(31)22-8-6-5-7-17(22)2)19-13-15-30(16-14-19)26(33)20-9-11-21(27)12-10-20/h5-12,18-19,23H,4,13-16H2,1-3H3,(H,28,32)(H,29,31)/t18-,23+/m1/s1. The molecule has 0 radical (unpaired) electrons. The molecule has 0 unspecified atom stereocenters. The number of piperidine rings is 1. The summed E-state index contributed by atoms with van der Waals surface area (Å²) in [5, 5.41) is 6.59. The highest BCUT2D eigenvalue weighted by molar-refractivity contribution is 6.30. The molecule has 2 N–H and O–H groups in total. The molecule has 3 rings (SSSR count). The van der Waals surface area contributed by atoms with E-state index in [4.69, 9.17) is 11.6 Å². The quantitative estimate of drug-likeness (QED) is 0.637. The lowest BCUT2D eigenvalue weighted by Gasteiger charge is -2.36. The van der Waals surface area contributed by atoms with Gasteiger partial charge in [0, 0.05) is 35.3 Å². The zero-order valence-electron chi connectivity index (χ0n) is 19.4. The summed E-state index contributed by atoms with van der Waals surface area (Å²) in [6.07, 6.45) is 2.07. The Hall–Kier alpha value is -2.86. The average Bonchev–Trinajstić information content (AvgIpc) is 2.82. The van der Waals surface area contributed by atoms with Crippen molar-refractivity contribution in [2.24, 2.45) is 5.92 Å². The highest BCUT2D eigenvalue weighted by Crippen LogP contribution is 2.24. The van der Waals surface area contributed by atoms with Crippen LogP contribution in [0.3, 0.4) is 0 Å². The van der Waals surface area contributed by atoms with Gasteiger partial charge >= 0.3 is 0 Å². The Labute approximate surface area is 200 Å². The summed E-state index contributed by atoms with van der Waals surface area (Å²) in [6.45, 7) is 6.89. The normalized spacial score (nSPS) is 16.1. The van der Waals surface area contributed by atoms with Gasteiger partial charge in [-0.3, -0.25) is 14.4 Å². The van der Waals surface area contributed by atoms with E-state index >= 15 is 0 Å². The molecule has 6 nitrogen and oxygen atoms in total. The van der Waals surface area contributed by atoms with Crippen molar-refractivity contribution in [2.75, 3.05) is 13.1 Å². The number of hydrogen-bond acceptors (Lipinski definition) is 3. The van der Waals surface area contributed by atoms with Crippen molar-refractivity contribution in [3.63, 3.8) is 0 Å². The van der Waals surface area contributed by atoms with E-state index < -0.39 is 6.04 Å². The second-order valence-electron chi connectivity index (χ2n) is 8.72. The molecule has 0 aromatic heterocycles. The molecular formula is C26H32ClN3O3. The average molecular weight is 470 g/mol. The molecule has 1 aliphatic rings. The number of carbonyl (C=O) groups is 3. The van der Waals surface area contributed by atoms with Gasteiger partial charge in [-0.05, 0) is 74.9 Å². The van der Waals surface area contributed by atoms with Crippen LogP contribution in [0, 0.1) is 12.8 Å². The van der Waals surface area contributed by atoms with Gasteiger partial charge in [0.1, 0.15) is 6.04 Å². The van der Waals surface area contributed by atoms with E-state index in [2.05, 4.69) is 10.6 Å². The predicted molar refractivity (Wildman–Crippen MR) is 130 cm³/mol. The van der Waals surface area contributed by atoms with Gasteiger partial charge in [-0.15, -0.1) is 0 Å². The molecule has 1 heterocycles. The van der Waals surface area contributed by atoms with Crippen LogP contribution in [-0.4, -0.2) is 47.8 Å². The van der Waals surface area contributed by atoms with E-state index in [0.717, 1.165) is 12.0 Å². The number of carbonyl (C=O) groups excluding carboxylic acids is 3. The number of halogens is 1. The van der Waals surface area contributed by atoms with Crippen LogP contribution in [0.25, 0.3) is 0 Å². The van der Waals surface area contributed by atoms with Crippen molar-refractivity contribution >= 4 is 29.3 Å². The third-order valence-corrected chi connectivity index (χ3v) is 6.60. The smallest absolute Gasteiger partial charge is 0.253 e. The molecule has 0 aliphatic carbocycles. The maximum atomic E-state index is 13.1. The molecule has 0 bridgehead atoms. The predicted octanol–water partition coefficient (Wildman–Crippen LogP) is 4.21. The molecule has 33 heavy (non-hydrogen) atoms. The lowest BCUT2D eigenvalue weighted by Crippen LogP contribution is -2.55. The van der Waals surface area contributed by atoms with Gasteiger partial charge < -0.3 is 15.5 Å². The van der Waals surface area contributed by atoms with E-state index in [-0.39, 0.29) is 29.7 Å². The number of hydrogen-bond donors (Lipinski definition) is 2. The van der Waals surface area contributed by atoms with Crippen molar-refractivity contribution in [2.45, 2.75) is 52.1 Å². The van der Waals surface area contributed by atoms with Crippen LogP contribution in [0.15, 0.2) is 48.5 Å². The van der Waals surface area contributed by atoms with Crippen molar-refractivity contribution in [1.29, 1.82) is 0 Å². The first-order chi connectivity index (χ1) is 15.8. The lowest BCUT2D eigenvalue weighted by molar-refractivity contribution is -0.125. The summed E-state index contributed by atoms with van der Waals surface area (Å²) in [5.41, 5.74) is 2.02. The molecule has 1 fully saturated rings. The van der Waals surface area contributed by atoms with Gasteiger partial charge in [-0.25, -0.2) is 0 Å². The van der Waals surface area contributed by atoms with Gasteiger partial charge in [0.25, 0.3) is 11.8 Å². The summed E-state index contributed by atoms with van der Waals surface area (Å²) < 4.78 is 0. The number of amides is 3. The topological polar surface area (TPSA) is 78.5 Å². The second-order valence-corrected chi connectivity index (χ2v) is 9.16. The van der Waals surface area contributed by atoms with Crippen LogP contribution in [-0.2, 0) is 4.79 Å². The van der Waals surface area contributed by atoms with Crippen LogP contribution in [0.4, 0.5) is 0 Å². The Morgan fingerprint density at radius 3 is 2.27 bits per heavy atom. The Morgan fingerprint density at radius 1 is 1.03 bits per heavy atom. The minimum atomic E-state index is -0.654. The lowest BCUT2D eigenvalue weighted by atomic mass is 9.88. The van der Waals surface area contributed by atoms with E-state index in [9.17, 15) is 14.4 Å². The summed E-state index contributed by atoms with van der Waals surface area (Å²) in [5.74, 6) is -0.531. The monoisotopic (exact) mass is 469 g/mol. The fourth-order valence-corrected chi connectivity index (χ4v) is 4.22. The highest BCUT2D eigenvalue weighted by Gasteiger charge is 2.34. The van der Waals surface area contributed by atoms with Gasteiger partial charge in [0.2, 0.25) is 5.91 Å². The summed E-state index contributed by atoms with van der Waals surface area (Å²) in [4.78, 5) is 40.7. The minimum Gasteiger partial charge on any atom is -0.352 e. The SMILES string of the molecule is CC[C@@H](C)NC(=O)[C@@H](NC(=O)c1ccccc1C)C1CCN(C(=O)c2ccc(Cl)cc2)CC1. The largest absolute Gasteiger partial charge is 0.352 e. The molecule has 2 aromatic carbocycles. The highest BCUT2D eigenvalue weighted by atomic mass is 35.5. The van der Waals surface area contributed by atoms with Crippen LogP contribution in [0.2, 0.25) is 5.02 Å². The van der Waals surface area contributed by atoms with Crippen LogP contribution >= 0.6 is 11.6 Å². The molecule has 0 spiro atoms. The molecule has 1 saturated heterocycles. The van der Waals surface area contributed by atoms with Gasteiger partial charge in [-0.1, -0.05) is 36.7 Å². The number of benzene rings is 2. The second kappa shape index (κ2) is 11.3. The molecular weight excluding hydrogens is 438 g/mol. The molecule has 0 saturated carbocycles. The first kappa shape index (κ1) is 24.8. The van der Waals surface area contributed by atoms with Crippen molar-refractivity contribution < 1.29 is 14.4 Å². The first-order valence-corrected chi connectivity index (χ1v) is 11.9. The number of aryl methyl sites for hydroxylation is 1. The van der Waals surface area contributed by atoms with Crippen molar-refractivity contribution in [3.05, 3.63) is 70.2 Å². The molecule has 3 amide bonds. The molecule has 176 valence electrons. The summed E-state index contributed by atoms with van der Waals surface area (Å²) in [6, 6.07) is 13.6. The Morgan fingerprint density at radius 2 is 1.67 bits per heavy atom. The third-order valence-electron chi connectivity index (χ3n) is 6.35. The number of likely N-dealkylation sites (tertiary alicyclic amines) is 1. The number of rotatable bonds is 7.